The Morgan fingerprint density at radius 3 is 2.55 bits per heavy atom. The summed E-state index contributed by atoms with van der Waals surface area (Å²) in [5.74, 6) is 1.72. The zero-order chi connectivity index (χ0) is 15.4. The monoisotopic (exact) mass is 303 g/mol. The summed E-state index contributed by atoms with van der Waals surface area (Å²) in [4.78, 5) is 24.0. The number of anilines is 2. The van der Waals surface area contributed by atoms with Crippen molar-refractivity contribution >= 4 is 18.2 Å². The number of aromatic nitrogens is 2. The molecule has 0 spiro atoms. The van der Waals surface area contributed by atoms with Crippen molar-refractivity contribution in [3.63, 3.8) is 0 Å². The summed E-state index contributed by atoms with van der Waals surface area (Å²) in [5, 5.41) is 3.58. The molecular weight excluding hydrogens is 278 g/mol. The first kappa shape index (κ1) is 15.1. The Hall–Kier alpha value is -1.85. The molecule has 2 aliphatic rings. The molecule has 1 aromatic rings. The van der Waals surface area contributed by atoms with Crippen molar-refractivity contribution in [2.45, 2.75) is 45.1 Å². The lowest BCUT2D eigenvalue weighted by Crippen LogP contribution is -2.46. The SMILES string of the molecule is Cc1cc(NC2CCCCC2)nc(N2CCN(C=O)CC2)n1. The van der Waals surface area contributed by atoms with Crippen LogP contribution in [0.2, 0.25) is 0 Å². The van der Waals surface area contributed by atoms with Gasteiger partial charge in [-0.3, -0.25) is 4.79 Å². The molecule has 1 saturated carbocycles. The van der Waals surface area contributed by atoms with E-state index in [0.29, 0.717) is 6.04 Å². The Balaban J connectivity index is 1.68. The Morgan fingerprint density at radius 2 is 1.86 bits per heavy atom. The van der Waals surface area contributed by atoms with Gasteiger partial charge in [-0.15, -0.1) is 0 Å². The molecule has 6 heteroatoms. The summed E-state index contributed by atoms with van der Waals surface area (Å²) in [5.41, 5.74) is 0.987. The van der Waals surface area contributed by atoms with Crippen LogP contribution in [0.15, 0.2) is 6.07 Å². The van der Waals surface area contributed by atoms with Crippen LogP contribution in [-0.4, -0.2) is 53.5 Å². The van der Waals surface area contributed by atoms with Crippen molar-refractivity contribution in [1.82, 2.24) is 14.9 Å². The fourth-order valence-corrected chi connectivity index (χ4v) is 3.25. The highest BCUT2D eigenvalue weighted by atomic mass is 16.1. The summed E-state index contributed by atoms with van der Waals surface area (Å²) in [6.07, 6.45) is 7.36. The van der Waals surface area contributed by atoms with Gasteiger partial charge in [0, 0.05) is 44.0 Å². The average molecular weight is 303 g/mol. The minimum absolute atomic E-state index is 0.544. The quantitative estimate of drug-likeness (QED) is 0.860. The Bertz CT molecular complexity index is 507. The van der Waals surface area contributed by atoms with Gasteiger partial charge < -0.3 is 15.1 Å². The standard InChI is InChI=1S/C16H25N5O/c1-13-11-15(18-14-5-3-2-4-6-14)19-16(17-13)21-9-7-20(12-22)8-10-21/h11-12,14H,2-10H2,1H3,(H,17,18,19). The lowest BCUT2D eigenvalue weighted by Gasteiger charge is -2.33. The predicted molar refractivity (Wildman–Crippen MR) is 87.1 cm³/mol. The Morgan fingerprint density at radius 1 is 1.14 bits per heavy atom. The maximum absolute atomic E-state index is 10.8. The van der Waals surface area contributed by atoms with Crippen molar-refractivity contribution in [3.8, 4) is 0 Å². The fourth-order valence-electron chi connectivity index (χ4n) is 3.25. The number of aryl methyl sites for hydroxylation is 1. The highest BCUT2D eigenvalue weighted by Crippen LogP contribution is 2.22. The van der Waals surface area contributed by atoms with Crippen molar-refractivity contribution in [1.29, 1.82) is 0 Å². The van der Waals surface area contributed by atoms with Crippen molar-refractivity contribution < 1.29 is 4.79 Å². The van der Waals surface area contributed by atoms with Gasteiger partial charge in [-0.05, 0) is 19.8 Å². The van der Waals surface area contributed by atoms with Gasteiger partial charge >= 0.3 is 0 Å². The number of piperazine rings is 1. The number of nitrogens with zero attached hydrogens (tertiary/aromatic N) is 4. The molecule has 0 radical (unpaired) electrons. The van der Waals surface area contributed by atoms with Crippen LogP contribution in [-0.2, 0) is 4.79 Å². The highest BCUT2D eigenvalue weighted by molar-refractivity contribution is 5.49. The normalized spacial score (nSPS) is 20.0. The van der Waals surface area contributed by atoms with Gasteiger partial charge in [-0.1, -0.05) is 19.3 Å². The fraction of sp³-hybridized carbons (Fsp3) is 0.688. The summed E-state index contributed by atoms with van der Waals surface area (Å²) < 4.78 is 0. The van der Waals surface area contributed by atoms with Gasteiger partial charge in [-0.25, -0.2) is 4.98 Å². The molecule has 0 bridgehead atoms. The van der Waals surface area contributed by atoms with Crippen LogP contribution in [0.1, 0.15) is 37.8 Å². The number of hydrogen-bond acceptors (Lipinski definition) is 5. The third kappa shape index (κ3) is 3.67. The van der Waals surface area contributed by atoms with Gasteiger partial charge in [0.25, 0.3) is 0 Å². The molecule has 2 heterocycles. The average Bonchev–Trinajstić information content (AvgIpc) is 2.55. The summed E-state index contributed by atoms with van der Waals surface area (Å²) in [6.45, 7) is 5.09. The Labute approximate surface area is 131 Å². The number of carbonyl (C=O) groups excluding carboxylic acids is 1. The zero-order valence-corrected chi connectivity index (χ0v) is 13.3. The van der Waals surface area contributed by atoms with E-state index in [1.165, 1.54) is 32.1 Å². The molecule has 1 N–H and O–H groups in total. The molecule has 0 aromatic carbocycles. The lowest BCUT2D eigenvalue weighted by atomic mass is 9.95. The van der Waals surface area contributed by atoms with Crippen LogP contribution in [0.5, 0.6) is 0 Å². The van der Waals surface area contributed by atoms with E-state index in [4.69, 9.17) is 4.98 Å². The minimum atomic E-state index is 0.544. The molecular formula is C16H25N5O. The summed E-state index contributed by atoms with van der Waals surface area (Å²) >= 11 is 0. The summed E-state index contributed by atoms with van der Waals surface area (Å²) in [7, 11) is 0. The van der Waals surface area contributed by atoms with E-state index in [-0.39, 0.29) is 0 Å². The van der Waals surface area contributed by atoms with Crippen LogP contribution in [0.25, 0.3) is 0 Å². The number of hydrogen-bond donors (Lipinski definition) is 1. The summed E-state index contributed by atoms with van der Waals surface area (Å²) in [6, 6.07) is 2.57. The van der Waals surface area contributed by atoms with Crippen LogP contribution in [0.3, 0.4) is 0 Å². The van der Waals surface area contributed by atoms with Gasteiger partial charge in [0.1, 0.15) is 5.82 Å². The molecule has 0 atom stereocenters. The third-order valence-corrected chi connectivity index (χ3v) is 4.55. The van der Waals surface area contributed by atoms with Crippen molar-refractivity contribution in [3.05, 3.63) is 11.8 Å². The lowest BCUT2D eigenvalue weighted by molar-refractivity contribution is -0.118. The van der Waals surface area contributed by atoms with E-state index in [2.05, 4.69) is 15.2 Å². The van der Waals surface area contributed by atoms with Crippen LogP contribution in [0, 0.1) is 6.92 Å². The first-order valence-corrected chi connectivity index (χ1v) is 8.31. The molecule has 1 aliphatic heterocycles. The second-order valence-electron chi connectivity index (χ2n) is 6.30. The highest BCUT2D eigenvalue weighted by Gasteiger charge is 2.19. The molecule has 1 saturated heterocycles. The van der Waals surface area contributed by atoms with Gasteiger partial charge in [0.05, 0.1) is 0 Å². The zero-order valence-electron chi connectivity index (χ0n) is 13.3. The third-order valence-electron chi connectivity index (χ3n) is 4.55. The second-order valence-corrected chi connectivity index (χ2v) is 6.30. The van der Waals surface area contributed by atoms with E-state index in [1.807, 2.05) is 13.0 Å². The van der Waals surface area contributed by atoms with Crippen LogP contribution < -0.4 is 10.2 Å². The number of nitrogens with one attached hydrogen (secondary N) is 1. The van der Waals surface area contributed by atoms with Gasteiger partial charge in [-0.2, -0.15) is 4.98 Å². The van der Waals surface area contributed by atoms with E-state index in [1.54, 1.807) is 4.90 Å². The smallest absolute Gasteiger partial charge is 0.227 e. The molecule has 6 nitrogen and oxygen atoms in total. The number of rotatable bonds is 4. The van der Waals surface area contributed by atoms with E-state index in [9.17, 15) is 4.79 Å². The first-order valence-electron chi connectivity index (χ1n) is 8.31. The van der Waals surface area contributed by atoms with Crippen molar-refractivity contribution in [2.75, 3.05) is 36.4 Å². The molecule has 120 valence electrons. The largest absolute Gasteiger partial charge is 0.367 e. The van der Waals surface area contributed by atoms with Crippen LogP contribution in [0.4, 0.5) is 11.8 Å². The second kappa shape index (κ2) is 6.94. The maximum atomic E-state index is 10.8. The molecule has 1 aromatic heterocycles. The molecule has 3 rings (SSSR count). The van der Waals surface area contributed by atoms with Gasteiger partial charge in [0.15, 0.2) is 0 Å². The predicted octanol–water partition coefficient (Wildman–Crippen LogP) is 1.81. The molecule has 1 amide bonds. The topological polar surface area (TPSA) is 61.4 Å². The first-order chi connectivity index (χ1) is 10.7. The molecule has 0 unspecified atom stereocenters. The maximum Gasteiger partial charge on any atom is 0.227 e. The van der Waals surface area contributed by atoms with E-state index in [0.717, 1.165) is 50.0 Å². The molecule has 2 fully saturated rings. The van der Waals surface area contributed by atoms with E-state index < -0.39 is 0 Å². The van der Waals surface area contributed by atoms with E-state index >= 15 is 0 Å². The molecule has 22 heavy (non-hydrogen) atoms. The van der Waals surface area contributed by atoms with Gasteiger partial charge in [0.2, 0.25) is 12.4 Å². The number of carbonyl (C=O) groups is 1. The van der Waals surface area contributed by atoms with Crippen molar-refractivity contribution in [2.24, 2.45) is 0 Å². The minimum Gasteiger partial charge on any atom is -0.367 e. The Kier molecular flexibility index (Phi) is 4.75. The number of amides is 1. The molecule has 1 aliphatic carbocycles. The van der Waals surface area contributed by atoms with Crippen LogP contribution >= 0.6 is 0 Å².